The predicted molar refractivity (Wildman–Crippen MR) is 81.2 cm³/mol. The minimum atomic E-state index is 0.0712. The number of nitrogens with one attached hydrogen (secondary N) is 4. The molecule has 0 aromatic heterocycles. The Balaban J connectivity index is 2.50. The van der Waals surface area contributed by atoms with E-state index in [2.05, 4.69) is 17.6 Å². The van der Waals surface area contributed by atoms with Gasteiger partial charge >= 0.3 is 0 Å². The fraction of sp³-hybridized carbons (Fsp3) is 0.385. The van der Waals surface area contributed by atoms with Gasteiger partial charge in [-0.3, -0.25) is 16.1 Å². The zero-order chi connectivity index (χ0) is 14.3. The molecule has 0 spiro atoms. The van der Waals surface area contributed by atoms with E-state index in [1.165, 1.54) is 0 Å². The molecule has 0 amide bonds. The predicted octanol–water partition coefficient (Wildman–Crippen LogP) is 2.94. The van der Waals surface area contributed by atoms with Crippen molar-refractivity contribution in [2.45, 2.75) is 20.3 Å². The first-order valence-electron chi connectivity index (χ1n) is 6.28. The average molecular weight is 282 g/mol. The van der Waals surface area contributed by atoms with Crippen LogP contribution in [0, 0.1) is 10.8 Å². The lowest BCUT2D eigenvalue weighted by atomic mass is 10.3. The van der Waals surface area contributed by atoms with Gasteiger partial charge in [-0.15, -0.1) is 0 Å². The van der Waals surface area contributed by atoms with Crippen LogP contribution >= 0.6 is 11.6 Å². The van der Waals surface area contributed by atoms with Crippen molar-refractivity contribution in [1.29, 1.82) is 10.8 Å². The summed E-state index contributed by atoms with van der Waals surface area (Å²) in [4.78, 5) is 1.87. The van der Waals surface area contributed by atoms with Crippen molar-refractivity contribution in [1.82, 2.24) is 10.2 Å². The summed E-state index contributed by atoms with van der Waals surface area (Å²) in [6.45, 7) is 5.60. The van der Waals surface area contributed by atoms with Gasteiger partial charge in [-0.1, -0.05) is 18.5 Å². The molecule has 6 heteroatoms. The van der Waals surface area contributed by atoms with E-state index in [4.69, 9.17) is 22.4 Å². The van der Waals surface area contributed by atoms with Gasteiger partial charge in [0.05, 0.1) is 0 Å². The van der Waals surface area contributed by atoms with Crippen molar-refractivity contribution in [2.24, 2.45) is 0 Å². The lowest BCUT2D eigenvalue weighted by molar-refractivity contribution is 0.427. The Hall–Kier alpha value is -1.75. The number of hydrogen-bond donors (Lipinski definition) is 4. The molecule has 0 bridgehead atoms. The molecule has 4 N–H and O–H groups in total. The van der Waals surface area contributed by atoms with Crippen LogP contribution in [0.2, 0.25) is 5.02 Å². The number of rotatable bonds is 4. The Bertz CT molecular complexity index is 429. The highest BCUT2D eigenvalue weighted by Crippen LogP contribution is 2.12. The smallest absolute Gasteiger partial charge is 0.199 e. The van der Waals surface area contributed by atoms with Crippen molar-refractivity contribution in [3.8, 4) is 0 Å². The van der Waals surface area contributed by atoms with E-state index in [1.807, 2.05) is 11.8 Å². The highest BCUT2D eigenvalue weighted by molar-refractivity contribution is 6.30. The van der Waals surface area contributed by atoms with E-state index < -0.39 is 0 Å². The molecule has 104 valence electrons. The van der Waals surface area contributed by atoms with Crippen LogP contribution in [0.5, 0.6) is 0 Å². The molecule has 0 aliphatic rings. The van der Waals surface area contributed by atoms with Crippen LogP contribution < -0.4 is 10.6 Å². The Morgan fingerprint density at radius 1 is 1.21 bits per heavy atom. The summed E-state index contributed by atoms with van der Waals surface area (Å²) < 4.78 is 0. The number of guanidine groups is 2. The van der Waals surface area contributed by atoms with Crippen LogP contribution in [0.15, 0.2) is 24.3 Å². The van der Waals surface area contributed by atoms with E-state index in [-0.39, 0.29) is 11.9 Å². The second-order valence-electron chi connectivity index (χ2n) is 4.06. The Morgan fingerprint density at radius 2 is 1.84 bits per heavy atom. The summed E-state index contributed by atoms with van der Waals surface area (Å²) >= 11 is 5.79. The van der Waals surface area contributed by atoms with E-state index in [1.54, 1.807) is 24.3 Å². The largest absolute Gasteiger partial charge is 0.343 e. The fourth-order valence-corrected chi connectivity index (χ4v) is 1.73. The molecule has 0 unspecified atom stereocenters. The SMILES string of the molecule is CCCN(CC)C(=N)NC(=N)Nc1ccc(Cl)cc1. The van der Waals surface area contributed by atoms with Gasteiger partial charge in [0.1, 0.15) is 0 Å². The monoisotopic (exact) mass is 281 g/mol. The first-order chi connectivity index (χ1) is 9.06. The van der Waals surface area contributed by atoms with Crippen LogP contribution in [-0.2, 0) is 0 Å². The maximum absolute atomic E-state index is 7.89. The lowest BCUT2D eigenvalue weighted by Crippen LogP contribution is -2.45. The third kappa shape index (κ3) is 5.18. The molecule has 0 fully saturated rings. The van der Waals surface area contributed by atoms with E-state index in [9.17, 15) is 0 Å². The minimum Gasteiger partial charge on any atom is -0.343 e. The molecule has 5 nitrogen and oxygen atoms in total. The molecule has 19 heavy (non-hydrogen) atoms. The third-order valence-electron chi connectivity index (χ3n) is 2.55. The van der Waals surface area contributed by atoms with Gasteiger partial charge in [-0.25, -0.2) is 0 Å². The van der Waals surface area contributed by atoms with Crippen molar-refractivity contribution in [2.75, 3.05) is 18.4 Å². The number of anilines is 1. The standard InChI is InChI=1S/C13H20ClN5/c1-3-9-19(4-2)13(16)18-12(15)17-11-7-5-10(14)6-8-11/h5-8H,3-4,9H2,1-2H3,(H4,15,16,17,18). The number of hydrogen-bond acceptors (Lipinski definition) is 2. The zero-order valence-corrected chi connectivity index (χ0v) is 12.0. The summed E-state index contributed by atoms with van der Waals surface area (Å²) in [6.07, 6.45) is 0.968. The highest BCUT2D eigenvalue weighted by Gasteiger charge is 2.08. The fourth-order valence-electron chi connectivity index (χ4n) is 1.60. The van der Waals surface area contributed by atoms with E-state index >= 15 is 0 Å². The summed E-state index contributed by atoms with van der Waals surface area (Å²) in [5.74, 6) is 0.303. The molecule has 1 aromatic carbocycles. The zero-order valence-electron chi connectivity index (χ0n) is 11.3. The van der Waals surface area contributed by atoms with Gasteiger partial charge in [0, 0.05) is 23.8 Å². The topological polar surface area (TPSA) is 75.0 Å². The van der Waals surface area contributed by atoms with Crippen molar-refractivity contribution >= 4 is 29.2 Å². The molecule has 0 saturated heterocycles. The highest BCUT2D eigenvalue weighted by atomic mass is 35.5. The Morgan fingerprint density at radius 3 is 2.37 bits per heavy atom. The van der Waals surface area contributed by atoms with Crippen LogP contribution in [0.1, 0.15) is 20.3 Å². The van der Waals surface area contributed by atoms with Gasteiger partial charge in [0.15, 0.2) is 11.9 Å². The molecule has 0 aliphatic heterocycles. The minimum absolute atomic E-state index is 0.0712. The molecule has 0 atom stereocenters. The van der Waals surface area contributed by atoms with E-state index in [0.717, 1.165) is 25.2 Å². The van der Waals surface area contributed by atoms with Crippen molar-refractivity contribution in [3.05, 3.63) is 29.3 Å². The van der Waals surface area contributed by atoms with Gasteiger partial charge in [-0.2, -0.15) is 0 Å². The maximum atomic E-state index is 7.89. The van der Waals surface area contributed by atoms with Crippen molar-refractivity contribution < 1.29 is 0 Å². The molecule has 0 heterocycles. The van der Waals surface area contributed by atoms with Gasteiger partial charge in [-0.05, 0) is 37.6 Å². The Kier molecular flexibility index (Phi) is 6.15. The quantitative estimate of drug-likeness (QED) is 0.506. The maximum Gasteiger partial charge on any atom is 0.199 e. The van der Waals surface area contributed by atoms with Crippen LogP contribution in [0.4, 0.5) is 5.69 Å². The lowest BCUT2D eigenvalue weighted by Gasteiger charge is -2.23. The summed E-state index contributed by atoms with van der Waals surface area (Å²) in [5.41, 5.74) is 0.758. The first-order valence-corrected chi connectivity index (χ1v) is 6.66. The number of nitrogens with zero attached hydrogens (tertiary/aromatic N) is 1. The second kappa shape index (κ2) is 7.63. The summed E-state index contributed by atoms with van der Waals surface area (Å²) in [7, 11) is 0. The third-order valence-corrected chi connectivity index (χ3v) is 2.80. The molecular weight excluding hydrogens is 262 g/mol. The normalized spacial score (nSPS) is 9.84. The second-order valence-corrected chi connectivity index (χ2v) is 4.50. The molecule has 1 aromatic rings. The first kappa shape index (κ1) is 15.3. The van der Waals surface area contributed by atoms with Gasteiger partial charge in [0.2, 0.25) is 0 Å². The molecule has 0 saturated carbocycles. The van der Waals surface area contributed by atoms with Crippen LogP contribution in [0.25, 0.3) is 0 Å². The molecule has 0 aliphatic carbocycles. The molecule has 0 radical (unpaired) electrons. The van der Waals surface area contributed by atoms with E-state index in [0.29, 0.717) is 5.02 Å². The van der Waals surface area contributed by atoms with Crippen LogP contribution in [0.3, 0.4) is 0 Å². The van der Waals surface area contributed by atoms with Crippen LogP contribution in [-0.4, -0.2) is 29.9 Å². The number of halogens is 1. The molecule has 1 rings (SSSR count). The van der Waals surface area contributed by atoms with Gasteiger partial charge < -0.3 is 10.2 Å². The molecular formula is C13H20ClN5. The van der Waals surface area contributed by atoms with Gasteiger partial charge in [0.25, 0.3) is 0 Å². The summed E-state index contributed by atoms with van der Waals surface area (Å²) in [5, 5.41) is 21.9. The summed E-state index contributed by atoms with van der Waals surface area (Å²) in [6, 6.07) is 7.06. The average Bonchev–Trinajstić information content (AvgIpc) is 2.38. The Labute approximate surface area is 119 Å². The van der Waals surface area contributed by atoms with Crippen molar-refractivity contribution in [3.63, 3.8) is 0 Å². The number of benzene rings is 1.